The van der Waals surface area contributed by atoms with Gasteiger partial charge in [-0.2, -0.15) is 11.8 Å². The highest BCUT2D eigenvalue weighted by atomic mass is 32.2. The lowest BCUT2D eigenvalue weighted by molar-refractivity contribution is 0.510. The first-order valence-electron chi connectivity index (χ1n) is 5.60. The third-order valence-corrected chi connectivity index (χ3v) is 3.54. The number of imidazole rings is 1. The lowest BCUT2D eigenvalue weighted by Crippen LogP contribution is -1.98. The molecule has 0 N–H and O–H groups in total. The van der Waals surface area contributed by atoms with Crippen LogP contribution in [-0.4, -0.2) is 21.1 Å². The predicted molar refractivity (Wildman–Crippen MR) is 67.3 cm³/mol. The van der Waals surface area contributed by atoms with Gasteiger partial charge < -0.3 is 4.57 Å². The molecule has 2 aromatic rings. The van der Waals surface area contributed by atoms with Gasteiger partial charge in [-0.15, -0.1) is 0 Å². The second-order valence-corrected chi connectivity index (χ2v) is 5.14. The Kier molecular flexibility index (Phi) is 3.99. The molecule has 5 heteroatoms. The largest absolute Gasteiger partial charge is 0.330 e. The van der Waals surface area contributed by atoms with Gasteiger partial charge in [0, 0.05) is 18.7 Å². The summed E-state index contributed by atoms with van der Waals surface area (Å²) in [5.74, 6) is 0.510. The van der Waals surface area contributed by atoms with Gasteiger partial charge in [0.15, 0.2) is 11.6 Å². The van der Waals surface area contributed by atoms with Crippen LogP contribution in [0.3, 0.4) is 0 Å². The SMILES string of the molecule is CCSCCCn1cnc2cc(F)c(F)cc21. The van der Waals surface area contributed by atoms with Gasteiger partial charge in [0.25, 0.3) is 0 Å². The summed E-state index contributed by atoms with van der Waals surface area (Å²) in [6.45, 7) is 2.91. The van der Waals surface area contributed by atoms with E-state index < -0.39 is 11.6 Å². The van der Waals surface area contributed by atoms with Crippen molar-refractivity contribution < 1.29 is 8.78 Å². The van der Waals surface area contributed by atoms with Crippen LogP contribution in [0.2, 0.25) is 0 Å². The van der Waals surface area contributed by atoms with Crippen molar-refractivity contribution in [1.82, 2.24) is 9.55 Å². The Bertz CT molecular complexity index is 510. The number of hydrogen-bond donors (Lipinski definition) is 0. The van der Waals surface area contributed by atoms with Crippen LogP contribution in [0, 0.1) is 11.6 Å². The fraction of sp³-hybridized carbons (Fsp3) is 0.417. The van der Waals surface area contributed by atoms with E-state index in [0.717, 1.165) is 30.5 Å². The highest BCUT2D eigenvalue weighted by Gasteiger charge is 2.08. The number of thioether (sulfide) groups is 1. The molecule has 17 heavy (non-hydrogen) atoms. The van der Waals surface area contributed by atoms with E-state index in [-0.39, 0.29) is 0 Å². The van der Waals surface area contributed by atoms with Crippen molar-refractivity contribution in [2.24, 2.45) is 0 Å². The molecule has 92 valence electrons. The first-order chi connectivity index (χ1) is 8.22. The Labute approximate surface area is 103 Å². The lowest BCUT2D eigenvalue weighted by atomic mass is 10.3. The molecule has 2 nitrogen and oxygen atoms in total. The maximum Gasteiger partial charge on any atom is 0.161 e. The molecule has 1 heterocycles. The molecule has 0 saturated carbocycles. The maximum atomic E-state index is 13.1. The molecule has 1 aromatic carbocycles. The molecule has 0 unspecified atom stereocenters. The van der Waals surface area contributed by atoms with Crippen LogP contribution in [0.25, 0.3) is 11.0 Å². The van der Waals surface area contributed by atoms with Gasteiger partial charge in [-0.05, 0) is 17.9 Å². The standard InChI is InChI=1S/C12H14F2N2S/c1-2-17-5-3-4-16-8-15-11-6-9(13)10(14)7-12(11)16/h6-8H,2-5H2,1H3. The van der Waals surface area contributed by atoms with Gasteiger partial charge in [-0.3, -0.25) is 0 Å². The van der Waals surface area contributed by atoms with E-state index in [1.54, 1.807) is 6.33 Å². The summed E-state index contributed by atoms with van der Waals surface area (Å²) in [5.41, 5.74) is 1.16. The number of aryl methyl sites for hydroxylation is 1. The van der Waals surface area contributed by atoms with Gasteiger partial charge in [0.2, 0.25) is 0 Å². The van der Waals surface area contributed by atoms with E-state index in [4.69, 9.17) is 0 Å². The van der Waals surface area contributed by atoms with Crippen LogP contribution in [0.15, 0.2) is 18.5 Å². The number of fused-ring (bicyclic) bond motifs is 1. The van der Waals surface area contributed by atoms with E-state index in [0.29, 0.717) is 11.0 Å². The highest BCUT2D eigenvalue weighted by molar-refractivity contribution is 7.99. The van der Waals surface area contributed by atoms with Gasteiger partial charge in [-0.1, -0.05) is 6.92 Å². The molecule has 0 bridgehead atoms. The van der Waals surface area contributed by atoms with Crippen molar-refractivity contribution >= 4 is 22.8 Å². The Morgan fingerprint density at radius 3 is 2.82 bits per heavy atom. The second kappa shape index (κ2) is 5.49. The Balaban J connectivity index is 2.15. The third kappa shape index (κ3) is 2.77. The van der Waals surface area contributed by atoms with Crippen molar-refractivity contribution in [3.05, 3.63) is 30.1 Å². The molecule has 0 radical (unpaired) electrons. The maximum absolute atomic E-state index is 13.1. The fourth-order valence-corrected chi connectivity index (χ4v) is 2.33. The number of hydrogen-bond acceptors (Lipinski definition) is 2. The van der Waals surface area contributed by atoms with Crippen molar-refractivity contribution in [2.75, 3.05) is 11.5 Å². The lowest BCUT2D eigenvalue weighted by Gasteiger charge is -2.03. The molecular weight excluding hydrogens is 242 g/mol. The molecule has 0 amide bonds. The number of halogens is 2. The molecule has 0 spiro atoms. The quantitative estimate of drug-likeness (QED) is 0.762. The van der Waals surface area contributed by atoms with Crippen molar-refractivity contribution in [1.29, 1.82) is 0 Å². The Morgan fingerprint density at radius 2 is 2.06 bits per heavy atom. The zero-order valence-electron chi connectivity index (χ0n) is 9.62. The number of benzene rings is 1. The predicted octanol–water partition coefficient (Wildman–Crippen LogP) is 3.46. The van der Waals surface area contributed by atoms with Gasteiger partial charge >= 0.3 is 0 Å². The van der Waals surface area contributed by atoms with E-state index >= 15 is 0 Å². The van der Waals surface area contributed by atoms with Gasteiger partial charge in [0.05, 0.1) is 17.4 Å². The molecule has 1 aromatic heterocycles. The average Bonchev–Trinajstić information content (AvgIpc) is 2.68. The number of aromatic nitrogens is 2. The summed E-state index contributed by atoms with van der Waals surface area (Å²) in [6, 6.07) is 2.35. The summed E-state index contributed by atoms with van der Waals surface area (Å²) in [4.78, 5) is 4.07. The molecule has 0 atom stereocenters. The van der Waals surface area contributed by atoms with E-state index in [1.807, 2.05) is 16.3 Å². The third-order valence-electron chi connectivity index (χ3n) is 2.55. The van der Waals surface area contributed by atoms with Crippen LogP contribution in [0.1, 0.15) is 13.3 Å². The van der Waals surface area contributed by atoms with Crippen LogP contribution >= 0.6 is 11.8 Å². The van der Waals surface area contributed by atoms with Gasteiger partial charge in [-0.25, -0.2) is 13.8 Å². The fourth-order valence-electron chi connectivity index (χ4n) is 1.71. The highest BCUT2D eigenvalue weighted by Crippen LogP contribution is 2.18. The minimum absolute atomic E-state index is 0.507. The summed E-state index contributed by atoms with van der Waals surface area (Å²) in [5, 5.41) is 0. The first-order valence-corrected chi connectivity index (χ1v) is 6.75. The number of rotatable bonds is 5. The minimum Gasteiger partial charge on any atom is -0.330 e. The zero-order chi connectivity index (χ0) is 12.3. The molecule has 0 aliphatic carbocycles. The smallest absolute Gasteiger partial charge is 0.161 e. The summed E-state index contributed by atoms with van der Waals surface area (Å²) < 4.78 is 28.0. The molecule has 2 rings (SSSR count). The first kappa shape index (κ1) is 12.4. The van der Waals surface area contributed by atoms with Crippen molar-refractivity contribution in [3.8, 4) is 0 Å². The number of nitrogens with zero attached hydrogens (tertiary/aromatic N) is 2. The van der Waals surface area contributed by atoms with E-state index in [9.17, 15) is 8.78 Å². The van der Waals surface area contributed by atoms with Crippen LogP contribution in [-0.2, 0) is 6.54 Å². The molecule has 0 fully saturated rings. The van der Waals surface area contributed by atoms with Crippen molar-refractivity contribution in [2.45, 2.75) is 19.9 Å². The normalized spacial score (nSPS) is 11.2. The summed E-state index contributed by atoms with van der Waals surface area (Å²) in [6.07, 6.45) is 2.64. The Morgan fingerprint density at radius 1 is 1.29 bits per heavy atom. The van der Waals surface area contributed by atoms with Crippen LogP contribution in [0.5, 0.6) is 0 Å². The summed E-state index contributed by atoms with van der Waals surface area (Å²) in [7, 11) is 0. The molecule has 0 aliphatic rings. The van der Waals surface area contributed by atoms with Crippen molar-refractivity contribution in [3.63, 3.8) is 0 Å². The molecular formula is C12H14F2N2S. The van der Waals surface area contributed by atoms with E-state index in [1.165, 1.54) is 6.07 Å². The van der Waals surface area contributed by atoms with E-state index in [2.05, 4.69) is 11.9 Å². The van der Waals surface area contributed by atoms with Crippen LogP contribution < -0.4 is 0 Å². The topological polar surface area (TPSA) is 17.8 Å². The summed E-state index contributed by atoms with van der Waals surface area (Å²) >= 11 is 1.87. The second-order valence-electron chi connectivity index (χ2n) is 3.74. The minimum atomic E-state index is -0.843. The molecule has 0 aliphatic heterocycles. The molecule has 0 saturated heterocycles. The monoisotopic (exact) mass is 256 g/mol. The Hall–Kier alpha value is -1.10. The van der Waals surface area contributed by atoms with Gasteiger partial charge in [0.1, 0.15) is 0 Å². The zero-order valence-corrected chi connectivity index (χ0v) is 10.4. The average molecular weight is 256 g/mol. The van der Waals surface area contributed by atoms with Crippen LogP contribution in [0.4, 0.5) is 8.78 Å².